The number of ether oxygens (including phenoxy) is 1. The van der Waals surface area contributed by atoms with Crippen LogP contribution in [-0.4, -0.2) is 15.0 Å². The van der Waals surface area contributed by atoms with E-state index >= 15 is 0 Å². The molecule has 0 N–H and O–H groups in total. The van der Waals surface area contributed by atoms with E-state index < -0.39 is 10.0 Å². The van der Waals surface area contributed by atoms with E-state index in [1.54, 1.807) is 24.3 Å². The minimum Gasteiger partial charge on any atom is -0.372 e. The van der Waals surface area contributed by atoms with Crippen LogP contribution in [-0.2, 0) is 33.4 Å². The van der Waals surface area contributed by atoms with Crippen molar-refractivity contribution in [3.63, 3.8) is 0 Å². The molecule has 2 aromatic rings. The fourth-order valence-corrected chi connectivity index (χ4v) is 5.96. The molecule has 0 amide bonds. The zero-order chi connectivity index (χ0) is 17.2. The van der Waals surface area contributed by atoms with Gasteiger partial charge in [-0.15, -0.1) is 0 Å². The summed E-state index contributed by atoms with van der Waals surface area (Å²) in [5.41, 5.74) is 2.67. The smallest absolute Gasteiger partial charge is 0.264 e. The lowest BCUT2D eigenvalue weighted by atomic mass is 9.65. The van der Waals surface area contributed by atoms with E-state index in [1.165, 1.54) is 10.4 Å². The average molecular weight is 359 g/mol. The number of anilines is 1. The molecule has 1 spiro atoms. The van der Waals surface area contributed by atoms with Gasteiger partial charge in [0, 0.05) is 17.5 Å². The van der Waals surface area contributed by atoms with Gasteiger partial charge in [0.25, 0.3) is 10.0 Å². The van der Waals surface area contributed by atoms with Gasteiger partial charge in [-0.05, 0) is 48.2 Å². The Bertz CT molecular complexity index is 982. The molecule has 2 aliphatic heterocycles. The highest BCUT2D eigenvalue weighted by Gasteiger charge is 2.51. The number of hydrogen-bond acceptors (Lipinski definition) is 3. The van der Waals surface area contributed by atoms with Gasteiger partial charge in [0.2, 0.25) is 0 Å². The molecule has 1 aliphatic carbocycles. The second kappa shape index (κ2) is 5.05. The first-order valence-corrected chi connectivity index (χ1v) is 9.97. The molecule has 6 heteroatoms. The highest BCUT2D eigenvalue weighted by atomic mass is 32.2. The fourth-order valence-electron chi connectivity index (χ4n) is 4.35. The van der Waals surface area contributed by atoms with Crippen molar-refractivity contribution in [3.05, 3.63) is 58.9 Å². The summed E-state index contributed by atoms with van der Waals surface area (Å²) in [6.45, 7) is 1.30. The Labute approximate surface area is 146 Å². The summed E-state index contributed by atoms with van der Waals surface area (Å²) in [6, 6.07) is 9.89. The molecule has 3 aliphatic rings. The zero-order valence-electron chi connectivity index (χ0n) is 13.7. The van der Waals surface area contributed by atoms with E-state index in [1.807, 2.05) is 6.07 Å². The maximum absolute atomic E-state index is 14.5. The molecule has 0 atom stereocenters. The third-order valence-corrected chi connectivity index (χ3v) is 7.58. The second-order valence-electron chi connectivity index (χ2n) is 7.20. The number of rotatable bonds is 2. The van der Waals surface area contributed by atoms with Crippen LogP contribution >= 0.6 is 0 Å². The van der Waals surface area contributed by atoms with E-state index in [4.69, 9.17) is 4.74 Å². The highest BCUT2D eigenvalue weighted by molar-refractivity contribution is 7.92. The first-order chi connectivity index (χ1) is 12.0. The van der Waals surface area contributed by atoms with Gasteiger partial charge in [-0.25, -0.2) is 12.8 Å². The average Bonchev–Trinajstić information content (AvgIpc) is 3.16. The van der Waals surface area contributed by atoms with Gasteiger partial charge in [-0.2, -0.15) is 0 Å². The van der Waals surface area contributed by atoms with Gasteiger partial charge < -0.3 is 4.74 Å². The lowest BCUT2D eigenvalue weighted by molar-refractivity contribution is 0.134. The molecule has 130 valence electrons. The minimum atomic E-state index is -3.73. The Morgan fingerprint density at radius 2 is 1.88 bits per heavy atom. The highest BCUT2D eigenvalue weighted by Crippen LogP contribution is 2.54. The maximum atomic E-state index is 14.5. The largest absolute Gasteiger partial charge is 0.372 e. The fraction of sp³-hybridized carbons (Fsp3) is 0.368. The summed E-state index contributed by atoms with van der Waals surface area (Å²) >= 11 is 0. The van der Waals surface area contributed by atoms with E-state index in [2.05, 4.69) is 0 Å². The first kappa shape index (κ1) is 15.3. The van der Waals surface area contributed by atoms with E-state index in [0.717, 1.165) is 30.4 Å². The molecule has 5 rings (SSSR count). The van der Waals surface area contributed by atoms with Crippen LogP contribution in [0.4, 0.5) is 10.1 Å². The number of halogens is 1. The predicted molar refractivity (Wildman–Crippen MR) is 91.4 cm³/mol. The van der Waals surface area contributed by atoms with E-state index in [9.17, 15) is 12.8 Å². The van der Waals surface area contributed by atoms with Crippen LogP contribution in [0.25, 0.3) is 0 Å². The summed E-state index contributed by atoms with van der Waals surface area (Å²) in [6.07, 6.45) is 2.69. The molecular formula is C19H18FNO3S. The van der Waals surface area contributed by atoms with Crippen molar-refractivity contribution in [1.29, 1.82) is 0 Å². The quantitative estimate of drug-likeness (QED) is 0.825. The lowest BCUT2D eigenvalue weighted by Gasteiger charge is -2.39. The standard InChI is InChI=1S/C19H18FNO3S/c20-16-3-1-4-17-18(16)19(7-2-8-19)12-21(17)25(22,23)15-6-5-13-10-24-11-14(13)9-15/h1,3-6,9H,2,7-8,10-12H2. The number of sulfonamides is 1. The van der Waals surface area contributed by atoms with Crippen LogP contribution < -0.4 is 4.31 Å². The first-order valence-electron chi connectivity index (χ1n) is 8.53. The van der Waals surface area contributed by atoms with Gasteiger partial charge in [-0.3, -0.25) is 4.31 Å². The number of benzene rings is 2. The van der Waals surface area contributed by atoms with Crippen LogP contribution in [0.5, 0.6) is 0 Å². The van der Waals surface area contributed by atoms with Crippen LogP contribution in [0.3, 0.4) is 0 Å². The summed E-state index contributed by atoms with van der Waals surface area (Å²) in [7, 11) is -3.73. The molecule has 0 bridgehead atoms. The van der Waals surface area contributed by atoms with Crippen LogP contribution in [0.15, 0.2) is 41.3 Å². The predicted octanol–water partition coefficient (Wildman–Crippen LogP) is 3.49. The number of hydrogen-bond donors (Lipinski definition) is 0. The Hall–Kier alpha value is -1.92. The van der Waals surface area contributed by atoms with Gasteiger partial charge in [-0.1, -0.05) is 18.6 Å². The van der Waals surface area contributed by atoms with Gasteiger partial charge in [0.1, 0.15) is 5.82 Å². The van der Waals surface area contributed by atoms with Crippen molar-refractivity contribution in [3.8, 4) is 0 Å². The Balaban J connectivity index is 1.63. The molecule has 1 fully saturated rings. The number of nitrogens with zero attached hydrogens (tertiary/aromatic N) is 1. The second-order valence-corrected chi connectivity index (χ2v) is 9.07. The molecule has 25 heavy (non-hydrogen) atoms. The minimum absolute atomic E-state index is 0.253. The molecule has 2 aromatic carbocycles. The van der Waals surface area contributed by atoms with Crippen molar-refractivity contribution in [2.24, 2.45) is 0 Å². The topological polar surface area (TPSA) is 46.6 Å². The lowest BCUT2D eigenvalue weighted by Crippen LogP contribution is -2.41. The molecule has 0 radical (unpaired) electrons. The van der Waals surface area contributed by atoms with Crippen LogP contribution in [0.2, 0.25) is 0 Å². The molecular weight excluding hydrogens is 341 g/mol. The molecule has 0 saturated heterocycles. The molecule has 0 aromatic heterocycles. The van der Waals surface area contributed by atoms with Crippen molar-refractivity contribution < 1.29 is 17.5 Å². The monoisotopic (exact) mass is 359 g/mol. The summed E-state index contributed by atoms with van der Waals surface area (Å²) in [4.78, 5) is 0.253. The van der Waals surface area contributed by atoms with Crippen molar-refractivity contribution in [2.45, 2.75) is 42.8 Å². The van der Waals surface area contributed by atoms with Gasteiger partial charge >= 0.3 is 0 Å². The van der Waals surface area contributed by atoms with Crippen LogP contribution in [0.1, 0.15) is 36.0 Å². The third kappa shape index (κ3) is 2.04. The van der Waals surface area contributed by atoms with Gasteiger partial charge in [0.15, 0.2) is 0 Å². The molecule has 0 unspecified atom stereocenters. The van der Waals surface area contributed by atoms with Gasteiger partial charge in [0.05, 0.1) is 23.8 Å². The van der Waals surface area contributed by atoms with Crippen molar-refractivity contribution in [2.75, 3.05) is 10.8 Å². The normalized spacial score (nSPS) is 20.4. The van der Waals surface area contributed by atoms with Crippen molar-refractivity contribution >= 4 is 15.7 Å². The zero-order valence-corrected chi connectivity index (χ0v) is 14.5. The molecule has 1 saturated carbocycles. The molecule has 4 nitrogen and oxygen atoms in total. The summed E-state index contributed by atoms with van der Waals surface area (Å²) < 4.78 is 47.9. The SMILES string of the molecule is O=S(=O)(c1ccc2c(c1)COC2)N1CC2(CCC2)c2c(F)cccc21. The summed E-state index contributed by atoms with van der Waals surface area (Å²) in [5, 5.41) is 0. The summed E-state index contributed by atoms with van der Waals surface area (Å²) in [5.74, 6) is -0.294. The number of fused-ring (bicyclic) bond motifs is 3. The Morgan fingerprint density at radius 1 is 1.08 bits per heavy atom. The Kier molecular flexibility index (Phi) is 3.10. The molecule has 2 heterocycles. The van der Waals surface area contributed by atoms with E-state index in [0.29, 0.717) is 31.0 Å². The maximum Gasteiger partial charge on any atom is 0.264 e. The van der Waals surface area contributed by atoms with Crippen molar-refractivity contribution in [1.82, 2.24) is 0 Å². The van der Waals surface area contributed by atoms with E-state index in [-0.39, 0.29) is 16.1 Å². The van der Waals surface area contributed by atoms with Crippen LogP contribution in [0, 0.1) is 5.82 Å². The Morgan fingerprint density at radius 3 is 2.64 bits per heavy atom. The third-order valence-electron chi connectivity index (χ3n) is 5.83.